The van der Waals surface area contributed by atoms with E-state index in [1.54, 1.807) is 12.1 Å². The molecule has 0 saturated heterocycles. The van der Waals surface area contributed by atoms with Crippen LogP contribution in [0.1, 0.15) is 15.9 Å². The number of amides is 2. The lowest BCUT2D eigenvalue weighted by molar-refractivity contribution is -0.136. The second-order valence-corrected chi connectivity index (χ2v) is 5.84. The molecule has 142 valence electrons. The van der Waals surface area contributed by atoms with Crippen LogP contribution in [0.5, 0.6) is 0 Å². The van der Waals surface area contributed by atoms with Gasteiger partial charge in [0.15, 0.2) is 6.61 Å². The van der Waals surface area contributed by atoms with Gasteiger partial charge < -0.3 is 15.0 Å². The molecule has 0 aromatic heterocycles. The average molecular weight is 376 g/mol. The summed E-state index contributed by atoms with van der Waals surface area (Å²) in [4.78, 5) is 36.7. The molecule has 8 heteroatoms. The molecule has 1 N–H and O–H groups in total. The van der Waals surface area contributed by atoms with Crippen molar-refractivity contribution in [3.05, 3.63) is 65.2 Å². The van der Waals surface area contributed by atoms with E-state index in [1.165, 1.54) is 7.05 Å². The fraction of sp³-hybridized carbons (Fsp3) is 0.211. The van der Waals surface area contributed by atoms with Crippen molar-refractivity contribution in [3.63, 3.8) is 0 Å². The van der Waals surface area contributed by atoms with Crippen molar-refractivity contribution in [2.24, 2.45) is 0 Å². The van der Waals surface area contributed by atoms with E-state index in [0.717, 1.165) is 28.7 Å². The topological polar surface area (TPSA) is 75.7 Å². The second-order valence-electron chi connectivity index (χ2n) is 5.84. The molecule has 0 spiro atoms. The highest BCUT2D eigenvalue weighted by Gasteiger charge is 2.21. The van der Waals surface area contributed by atoms with Gasteiger partial charge in [0.05, 0.1) is 6.54 Å². The van der Waals surface area contributed by atoms with Crippen molar-refractivity contribution < 1.29 is 27.9 Å². The van der Waals surface area contributed by atoms with E-state index in [-0.39, 0.29) is 6.54 Å². The third-order valence-corrected chi connectivity index (χ3v) is 3.64. The van der Waals surface area contributed by atoms with E-state index in [0.29, 0.717) is 5.69 Å². The Kier molecular flexibility index (Phi) is 6.59. The first-order valence-corrected chi connectivity index (χ1v) is 7.99. The van der Waals surface area contributed by atoms with Gasteiger partial charge in [0, 0.05) is 12.7 Å². The maximum Gasteiger partial charge on any atom is 0.344 e. The van der Waals surface area contributed by atoms with Crippen molar-refractivity contribution >= 4 is 23.5 Å². The minimum atomic E-state index is -1.29. The van der Waals surface area contributed by atoms with E-state index >= 15 is 0 Å². The Labute approximate surface area is 154 Å². The lowest BCUT2D eigenvalue weighted by atomic mass is 10.2. The molecule has 2 amide bonds. The van der Waals surface area contributed by atoms with Crippen LogP contribution >= 0.6 is 0 Å². The van der Waals surface area contributed by atoms with Crippen LogP contribution in [-0.4, -0.2) is 42.9 Å². The van der Waals surface area contributed by atoms with Crippen LogP contribution in [0.15, 0.2) is 42.5 Å². The molecule has 2 rings (SSSR count). The molecule has 27 heavy (non-hydrogen) atoms. The molecule has 0 aliphatic rings. The Balaban J connectivity index is 1.85. The van der Waals surface area contributed by atoms with Crippen LogP contribution in [0, 0.1) is 18.6 Å². The predicted octanol–water partition coefficient (Wildman–Crippen LogP) is 2.53. The number of hydrogen-bond donors (Lipinski definition) is 1. The maximum atomic E-state index is 13.5. The van der Waals surface area contributed by atoms with Crippen molar-refractivity contribution in [2.75, 3.05) is 25.5 Å². The number of nitrogens with one attached hydrogen (secondary N) is 1. The molecule has 0 fully saturated rings. The number of ether oxygens (including phenoxy) is 1. The number of hydrogen-bond acceptors (Lipinski definition) is 4. The van der Waals surface area contributed by atoms with Gasteiger partial charge in [-0.15, -0.1) is 0 Å². The number of halogens is 2. The molecule has 0 bridgehead atoms. The molecule has 0 saturated carbocycles. The summed E-state index contributed by atoms with van der Waals surface area (Å²) in [5, 5.41) is 2.62. The molecule has 2 aromatic carbocycles. The lowest BCUT2D eigenvalue weighted by Gasteiger charge is -2.17. The smallest absolute Gasteiger partial charge is 0.344 e. The highest BCUT2D eigenvalue weighted by molar-refractivity contribution is 5.95. The number of aryl methyl sites for hydroxylation is 1. The molecule has 2 aromatic rings. The Morgan fingerprint density at radius 3 is 2.22 bits per heavy atom. The fourth-order valence-corrected chi connectivity index (χ4v) is 2.14. The molecule has 0 atom stereocenters. The molecule has 6 nitrogen and oxygen atoms in total. The zero-order valence-electron chi connectivity index (χ0n) is 14.8. The van der Waals surface area contributed by atoms with Crippen molar-refractivity contribution in [1.29, 1.82) is 0 Å². The van der Waals surface area contributed by atoms with Gasteiger partial charge in [-0.25, -0.2) is 13.6 Å². The third-order valence-electron chi connectivity index (χ3n) is 3.64. The summed E-state index contributed by atoms with van der Waals surface area (Å²) in [7, 11) is 1.34. The summed E-state index contributed by atoms with van der Waals surface area (Å²) in [5.74, 6) is -4.60. The minimum Gasteiger partial charge on any atom is -0.452 e. The summed E-state index contributed by atoms with van der Waals surface area (Å²) in [5.41, 5.74) is 0.742. The van der Waals surface area contributed by atoms with E-state index < -0.39 is 41.6 Å². The quantitative estimate of drug-likeness (QED) is 0.786. The summed E-state index contributed by atoms with van der Waals surface area (Å²) in [6.07, 6.45) is 0. The molecule has 0 aliphatic heterocycles. The van der Waals surface area contributed by atoms with Gasteiger partial charge in [-0.2, -0.15) is 0 Å². The number of anilines is 1. The number of carbonyl (C=O) groups excluding carboxylic acids is 3. The SMILES string of the molecule is Cc1ccc(NC(=O)CN(C)C(=O)COC(=O)c2c(F)cccc2F)cc1. The van der Waals surface area contributed by atoms with Gasteiger partial charge in [0.2, 0.25) is 5.91 Å². The summed E-state index contributed by atoms with van der Waals surface area (Å²) >= 11 is 0. The van der Waals surface area contributed by atoms with Gasteiger partial charge in [-0.1, -0.05) is 23.8 Å². The predicted molar refractivity (Wildman–Crippen MR) is 94.1 cm³/mol. The van der Waals surface area contributed by atoms with Crippen molar-refractivity contribution in [3.8, 4) is 0 Å². The third kappa shape index (κ3) is 5.60. The zero-order valence-corrected chi connectivity index (χ0v) is 14.8. The van der Waals surface area contributed by atoms with Crippen LogP contribution in [0.2, 0.25) is 0 Å². The maximum absolute atomic E-state index is 13.5. The first-order valence-electron chi connectivity index (χ1n) is 7.99. The Morgan fingerprint density at radius 1 is 1.04 bits per heavy atom. The monoisotopic (exact) mass is 376 g/mol. The number of likely N-dealkylation sites (N-methyl/N-ethyl adjacent to an activating group) is 1. The summed E-state index contributed by atoms with van der Waals surface area (Å²) in [6, 6.07) is 10.0. The number of rotatable bonds is 6. The van der Waals surface area contributed by atoms with Crippen LogP contribution < -0.4 is 5.32 Å². The van der Waals surface area contributed by atoms with Gasteiger partial charge in [0.25, 0.3) is 5.91 Å². The van der Waals surface area contributed by atoms with Gasteiger partial charge >= 0.3 is 5.97 Å². The molecule has 0 aliphatic carbocycles. The lowest BCUT2D eigenvalue weighted by Crippen LogP contribution is -2.37. The highest BCUT2D eigenvalue weighted by Crippen LogP contribution is 2.13. The van der Waals surface area contributed by atoms with E-state index in [4.69, 9.17) is 0 Å². The first kappa shape index (κ1) is 20.0. The second kappa shape index (κ2) is 8.88. The molecule has 0 unspecified atom stereocenters. The fourth-order valence-electron chi connectivity index (χ4n) is 2.14. The van der Waals surface area contributed by atoms with Gasteiger partial charge in [-0.05, 0) is 31.2 Å². The number of carbonyl (C=O) groups is 3. The zero-order chi connectivity index (χ0) is 20.0. The molecular weight excluding hydrogens is 358 g/mol. The van der Waals surface area contributed by atoms with Crippen LogP contribution in [0.25, 0.3) is 0 Å². The highest BCUT2D eigenvalue weighted by atomic mass is 19.1. The largest absolute Gasteiger partial charge is 0.452 e. The Morgan fingerprint density at radius 2 is 1.63 bits per heavy atom. The Bertz CT molecular complexity index is 833. The van der Waals surface area contributed by atoms with E-state index in [2.05, 4.69) is 10.1 Å². The van der Waals surface area contributed by atoms with Crippen molar-refractivity contribution in [1.82, 2.24) is 4.90 Å². The van der Waals surface area contributed by atoms with Crippen LogP contribution in [0.4, 0.5) is 14.5 Å². The molecular formula is C19H18F2N2O4. The van der Waals surface area contributed by atoms with Crippen LogP contribution in [-0.2, 0) is 14.3 Å². The van der Waals surface area contributed by atoms with E-state index in [9.17, 15) is 23.2 Å². The number of esters is 1. The number of nitrogens with zero attached hydrogens (tertiary/aromatic N) is 1. The van der Waals surface area contributed by atoms with Crippen molar-refractivity contribution in [2.45, 2.75) is 6.92 Å². The minimum absolute atomic E-state index is 0.279. The normalized spacial score (nSPS) is 10.2. The standard InChI is InChI=1S/C19H18F2N2O4/c1-12-6-8-13(9-7-12)22-16(24)10-23(2)17(25)11-27-19(26)18-14(20)4-3-5-15(18)21/h3-9H,10-11H2,1-2H3,(H,22,24). The van der Waals surface area contributed by atoms with Gasteiger partial charge in [0.1, 0.15) is 17.2 Å². The number of benzene rings is 2. The van der Waals surface area contributed by atoms with Gasteiger partial charge in [-0.3, -0.25) is 9.59 Å². The first-order chi connectivity index (χ1) is 12.8. The molecule has 0 radical (unpaired) electrons. The summed E-state index contributed by atoms with van der Waals surface area (Å²) in [6.45, 7) is 0.881. The van der Waals surface area contributed by atoms with E-state index in [1.807, 2.05) is 19.1 Å². The summed E-state index contributed by atoms with van der Waals surface area (Å²) < 4.78 is 31.6. The van der Waals surface area contributed by atoms with Crippen LogP contribution in [0.3, 0.4) is 0 Å². The molecule has 0 heterocycles. The average Bonchev–Trinajstić information content (AvgIpc) is 2.61. The Hall–Kier alpha value is -3.29.